The molecule has 0 saturated heterocycles. The minimum Gasteiger partial charge on any atom is -0.364 e. The molecule has 0 bridgehead atoms. The molecule has 1 rings (SSSR count). The lowest BCUT2D eigenvalue weighted by atomic mass is 10.1. The van der Waals surface area contributed by atoms with Gasteiger partial charge in [0.05, 0.1) is 11.4 Å². The molecule has 0 aliphatic carbocycles. The van der Waals surface area contributed by atoms with Crippen molar-refractivity contribution in [1.82, 2.24) is 26.1 Å². The van der Waals surface area contributed by atoms with E-state index in [2.05, 4.69) is 31.2 Å². The first-order chi connectivity index (χ1) is 11.0. The van der Waals surface area contributed by atoms with Crippen molar-refractivity contribution in [3.63, 3.8) is 0 Å². The van der Waals surface area contributed by atoms with Gasteiger partial charge < -0.3 is 10.6 Å². The Balaban J connectivity index is 3.02. The van der Waals surface area contributed by atoms with Crippen molar-refractivity contribution in [2.24, 2.45) is 10.2 Å². The highest BCUT2D eigenvalue weighted by Crippen LogP contribution is 2.03. The molecule has 23 heavy (non-hydrogen) atoms. The molecular formula is C14H21N7S2. The molecule has 0 saturated carbocycles. The third-order valence-electron chi connectivity index (χ3n) is 2.87. The lowest BCUT2D eigenvalue weighted by molar-refractivity contribution is 0.537. The smallest absolute Gasteiger partial charge is 0.189 e. The number of aromatic nitrogens is 1. The summed E-state index contributed by atoms with van der Waals surface area (Å²) in [5, 5.41) is 17.0. The van der Waals surface area contributed by atoms with Gasteiger partial charge in [0.2, 0.25) is 0 Å². The fraction of sp³-hybridized carbons (Fsp3) is 0.357. The molecule has 0 amide bonds. The number of hydrogen-bond acceptors (Lipinski definition) is 5. The van der Waals surface area contributed by atoms with Crippen molar-refractivity contribution in [2.75, 3.05) is 21.1 Å². The normalized spacial score (nSPS) is 11.7. The van der Waals surface area contributed by atoms with Crippen LogP contribution in [0.1, 0.15) is 12.5 Å². The first-order valence-electron chi connectivity index (χ1n) is 6.92. The maximum Gasteiger partial charge on any atom is 0.189 e. The van der Waals surface area contributed by atoms with Crippen LogP contribution in [0.2, 0.25) is 0 Å². The molecule has 0 aromatic carbocycles. The standard InChI is InChI=1S/C14H21N7S2/c1-10(18-19-13(22)15-2)12(20-21(4)14(23)16-3)9-11-5-7-17-8-6-11/h5-8H,9H2,1-4H3,(H,16,23)(H2,15,19,22)/b18-10+,20-12-. The molecule has 1 heterocycles. The summed E-state index contributed by atoms with van der Waals surface area (Å²) in [6, 6.07) is 3.87. The Morgan fingerprint density at radius 3 is 2.43 bits per heavy atom. The Morgan fingerprint density at radius 1 is 1.22 bits per heavy atom. The van der Waals surface area contributed by atoms with E-state index in [9.17, 15) is 0 Å². The van der Waals surface area contributed by atoms with Crippen molar-refractivity contribution in [3.05, 3.63) is 30.1 Å². The van der Waals surface area contributed by atoms with Crippen molar-refractivity contribution in [1.29, 1.82) is 0 Å². The summed E-state index contributed by atoms with van der Waals surface area (Å²) in [5.41, 5.74) is 5.32. The van der Waals surface area contributed by atoms with Crippen LogP contribution in [0.5, 0.6) is 0 Å². The van der Waals surface area contributed by atoms with Crippen LogP contribution in [0.15, 0.2) is 34.7 Å². The number of thiocarbonyl (C=S) groups is 2. The maximum atomic E-state index is 5.18. The van der Waals surface area contributed by atoms with Gasteiger partial charge in [-0.25, -0.2) is 5.01 Å². The quantitative estimate of drug-likeness (QED) is 0.413. The summed E-state index contributed by atoms with van der Waals surface area (Å²) in [7, 11) is 5.26. The third kappa shape index (κ3) is 6.66. The van der Waals surface area contributed by atoms with Gasteiger partial charge in [0, 0.05) is 40.0 Å². The topological polar surface area (TPSA) is 76.9 Å². The van der Waals surface area contributed by atoms with Gasteiger partial charge in [-0.15, -0.1) is 0 Å². The fourth-order valence-corrected chi connectivity index (χ4v) is 1.66. The van der Waals surface area contributed by atoms with E-state index >= 15 is 0 Å². The second kappa shape index (κ2) is 9.80. The zero-order valence-electron chi connectivity index (χ0n) is 13.6. The van der Waals surface area contributed by atoms with Crippen LogP contribution in [0, 0.1) is 0 Å². The number of hydrogen-bond donors (Lipinski definition) is 3. The van der Waals surface area contributed by atoms with Crippen molar-refractivity contribution < 1.29 is 0 Å². The molecule has 0 radical (unpaired) electrons. The predicted molar refractivity (Wildman–Crippen MR) is 103 cm³/mol. The van der Waals surface area contributed by atoms with Crippen molar-refractivity contribution in [2.45, 2.75) is 13.3 Å². The van der Waals surface area contributed by atoms with E-state index in [-0.39, 0.29) is 0 Å². The van der Waals surface area contributed by atoms with E-state index in [1.54, 1.807) is 38.5 Å². The van der Waals surface area contributed by atoms with E-state index in [0.717, 1.165) is 11.3 Å². The van der Waals surface area contributed by atoms with E-state index in [1.165, 1.54) is 0 Å². The van der Waals surface area contributed by atoms with Gasteiger partial charge in [-0.1, -0.05) is 0 Å². The molecule has 0 unspecified atom stereocenters. The third-order valence-corrected chi connectivity index (χ3v) is 3.63. The molecule has 1 aromatic heterocycles. The summed E-state index contributed by atoms with van der Waals surface area (Å²) in [6.07, 6.45) is 4.09. The van der Waals surface area contributed by atoms with E-state index in [1.807, 2.05) is 19.1 Å². The second-order valence-electron chi connectivity index (χ2n) is 4.55. The SMILES string of the molecule is CNC(=S)N/N=C(C)/C(Cc1ccncc1)=N\N(C)C(=S)NC. The van der Waals surface area contributed by atoms with E-state index < -0.39 is 0 Å². The Labute approximate surface area is 147 Å². The maximum absolute atomic E-state index is 5.18. The summed E-state index contributed by atoms with van der Waals surface area (Å²) in [6.45, 7) is 1.86. The molecule has 0 aliphatic rings. The monoisotopic (exact) mass is 351 g/mol. The van der Waals surface area contributed by atoms with Crippen LogP contribution in [-0.2, 0) is 6.42 Å². The molecule has 1 aromatic rings. The molecule has 0 atom stereocenters. The fourth-order valence-electron chi connectivity index (χ4n) is 1.57. The summed E-state index contributed by atoms with van der Waals surface area (Å²) >= 11 is 10.2. The molecule has 124 valence electrons. The largest absolute Gasteiger partial charge is 0.364 e. The van der Waals surface area contributed by atoms with Gasteiger partial charge in [0.25, 0.3) is 0 Å². The van der Waals surface area contributed by atoms with E-state index in [0.29, 0.717) is 22.4 Å². The van der Waals surface area contributed by atoms with Crippen LogP contribution >= 0.6 is 24.4 Å². The summed E-state index contributed by atoms with van der Waals surface area (Å²) in [5.74, 6) is 0. The van der Waals surface area contributed by atoms with Gasteiger partial charge in [-0.3, -0.25) is 10.4 Å². The Kier molecular flexibility index (Phi) is 8.06. The van der Waals surface area contributed by atoms with Gasteiger partial charge >= 0.3 is 0 Å². The number of hydrazone groups is 2. The number of rotatable bonds is 5. The first-order valence-corrected chi connectivity index (χ1v) is 7.73. The Bertz CT molecular complexity index is 598. The van der Waals surface area contributed by atoms with Crippen molar-refractivity contribution in [3.8, 4) is 0 Å². The Morgan fingerprint density at radius 2 is 1.87 bits per heavy atom. The van der Waals surface area contributed by atoms with Gasteiger partial charge in [0.15, 0.2) is 10.2 Å². The minimum atomic E-state index is 0.437. The molecule has 0 fully saturated rings. The zero-order valence-corrected chi connectivity index (χ0v) is 15.3. The average Bonchev–Trinajstić information content (AvgIpc) is 2.58. The number of nitrogens with zero attached hydrogens (tertiary/aromatic N) is 4. The lowest BCUT2D eigenvalue weighted by Gasteiger charge is -2.16. The van der Waals surface area contributed by atoms with Gasteiger partial charge in [0.1, 0.15) is 0 Å². The van der Waals surface area contributed by atoms with Crippen LogP contribution in [0.25, 0.3) is 0 Å². The van der Waals surface area contributed by atoms with Gasteiger partial charge in [-0.2, -0.15) is 10.2 Å². The van der Waals surface area contributed by atoms with Crippen LogP contribution in [-0.4, -0.2) is 52.8 Å². The summed E-state index contributed by atoms with van der Waals surface area (Å²) < 4.78 is 0. The molecule has 0 spiro atoms. The second-order valence-corrected chi connectivity index (χ2v) is 5.34. The average molecular weight is 352 g/mol. The highest BCUT2D eigenvalue weighted by molar-refractivity contribution is 7.80. The minimum absolute atomic E-state index is 0.437. The molecule has 3 N–H and O–H groups in total. The zero-order chi connectivity index (χ0) is 17.2. The number of nitrogens with one attached hydrogen (secondary N) is 3. The van der Waals surface area contributed by atoms with Crippen LogP contribution < -0.4 is 16.1 Å². The van der Waals surface area contributed by atoms with E-state index in [4.69, 9.17) is 24.4 Å². The molecule has 7 nitrogen and oxygen atoms in total. The molecule has 0 aliphatic heterocycles. The highest BCUT2D eigenvalue weighted by Gasteiger charge is 2.10. The Hall–Kier alpha value is -2.13. The highest BCUT2D eigenvalue weighted by atomic mass is 32.1. The van der Waals surface area contributed by atoms with Gasteiger partial charge in [-0.05, 0) is 49.1 Å². The van der Waals surface area contributed by atoms with Crippen LogP contribution in [0.3, 0.4) is 0 Å². The predicted octanol–water partition coefficient (Wildman–Crippen LogP) is 0.886. The summed E-state index contributed by atoms with van der Waals surface area (Å²) in [4.78, 5) is 4.02. The van der Waals surface area contributed by atoms with Crippen molar-refractivity contribution >= 4 is 46.1 Å². The molecular weight excluding hydrogens is 330 g/mol. The number of pyridine rings is 1. The molecule has 9 heteroatoms. The lowest BCUT2D eigenvalue weighted by Crippen LogP contribution is -2.34. The van der Waals surface area contributed by atoms with Crippen LogP contribution in [0.4, 0.5) is 0 Å². The first kappa shape index (κ1) is 18.9.